The number of carbonyl (C=O) groups is 2. The van der Waals surface area contributed by atoms with Crippen LogP contribution >= 0.6 is 0 Å². The van der Waals surface area contributed by atoms with Crippen LogP contribution in [0.15, 0.2) is 47.5 Å². The Kier molecular flexibility index (Phi) is 4.93. The van der Waals surface area contributed by atoms with Crippen molar-refractivity contribution in [3.8, 4) is 11.5 Å². The van der Waals surface area contributed by atoms with E-state index in [-0.39, 0.29) is 17.9 Å². The number of aromatic carboxylic acids is 1. The molecule has 0 heterocycles. The molecule has 0 bridgehead atoms. The number of carboxylic acid groups (broad SMARTS) is 1. The molecule has 2 rings (SSSR count). The fourth-order valence-corrected chi connectivity index (χ4v) is 1.73. The van der Waals surface area contributed by atoms with E-state index in [2.05, 4.69) is 4.99 Å². The van der Waals surface area contributed by atoms with E-state index in [1.807, 2.05) is 0 Å². The van der Waals surface area contributed by atoms with Crippen LogP contribution in [0.5, 0.6) is 11.5 Å². The van der Waals surface area contributed by atoms with Crippen molar-refractivity contribution in [1.29, 1.82) is 0 Å². The summed E-state index contributed by atoms with van der Waals surface area (Å²) in [5.74, 6) is -1.60. The van der Waals surface area contributed by atoms with Crippen molar-refractivity contribution in [3.05, 3.63) is 53.6 Å². The SMILES string of the molecule is NC(=O)COc1ccc(C=Nc2ccc(O)c(C(=O)O)c2)cc1. The molecule has 2 aromatic carbocycles. The molecule has 0 aliphatic carbocycles. The Morgan fingerprint density at radius 2 is 1.87 bits per heavy atom. The maximum absolute atomic E-state index is 10.9. The van der Waals surface area contributed by atoms with Crippen LogP contribution < -0.4 is 10.5 Å². The predicted octanol–water partition coefficient (Wildman–Crippen LogP) is 1.71. The molecule has 0 unspecified atom stereocenters. The van der Waals surface area contributed by atoms with E-state index < -0.39 is 11.9 Å². The largest absolute Gasteiger partial charge is 0.507 e. The molecule has 0 saturated heterocycles. The van der Waals surface area contributed by atoms with Gasteiger partial charge in [0.1, 0.15) is 17.1 Å². The van der Waals surface area contributed by atoms with Gasteiger partial charge in [-0.2, -0.15) is 0 Å². The molecule has 7 heteroatoms. The number of primary amides is 1. The summed E-state index contributed by atoms with van der Waals surface area (Å²) in [4.78, 5) is 25.7. The minimum Gasteiger partial charge on any atom is -0.507 e. The van der Waals surface area contributed by atoms with Crippen LogP contribution in [-0.2, 0) is 4.79 Å². The number of ether oxygens (including phenoxy) is 1. The number of phenols is 1. The molecular formula is C16H14N2O5. The van der Waals surface area contributed by atoms with Crippen molar-refractivity contribution in [2.24, 2.45) is 10.7 Å². The van der Waals surface area contributed by atoms with Gasteiger partial charge in [-0.1, -0.05) is 0 Å². The summed E-state index contributed by atoms with van der Waals surface area (Å²) < 4.78 is 5.13. The van der Waals surface area contributed by atoms with E-state index in [0.29, 0.717) is 11.4 Å². The zero-order valence-electron chi connectivity index (χ0n) is 12.0. The minimum atomic E-state index is -1.23. The lowest BCUT2D eigenvalue weighted by molar-refractivity contribution is -0.119. The first kappa shape index (κ1) is 16.0. The van der Waals surface area contributed by atoms with Gasteiger partial charge in [0.2, 0.25) is 0 Å². The first-order valence-electron chi connectivity index (χ1n) is 6.57. The van der Waals surface area contributed by atoms with Gasteiger partial charge in [0.25, 0.3) is 5.91 Å². The van der Waals surface area contributed by atoms with Crippen molar-refractivity contribution < 1.29 is 24.5 Å². The van der Waals surface area contributed by atoms with E-state index >= 15 is 0 Å². The standard InChI is InChI=1S/C16H14N2O5/c17-15(20)9-23-12-4-1-10(2-5-12)8-18-11-3-6-14(19)13(7-11)16(21)22/h1-8,19H,9H2,(H2,17,20)(H,21,22). The number of benzene rings is 2. The van der Waals surface area contributed by atoms with E-state index in [4.69, 9.17) is 15.6 Å². The molecule has 0 aliphatic heterocycles. The molecule has 23 heavy (non-hydrogen) atoms. The van der Waals surface area contributed by atoms with Gasteiger partial charge in [-0.05, 0) is 48.0 Å². The van der Waals surface area contributed by atoms with Crippen LogP contribution in [-0.4, -0.2) is 34.9 Å². The van der Waals surface area contributed by atoms with Gasteiger partial charge >= 0.3 is 5.97 Å². The minimum absolute atomic E-state index is 0.196. The third kappa shape index (κ3) is 4.57. The van der Waals surface area contributed by atoms with Crippen LogP contribution in [0.1, 0.15) is 15.9 Å². The van der Waals surface area contributed by atoms with Gasteiger partial charge in [-0.15, -0.1) is 0 Å². The average molecular weight is 314 g/mol. The van der Waals surface area contributed by atoms with Crippen molar-refractivity contribution in [1.82, 2.24) is 0 Å². The van der Waals surface area contributed by atoms with Crippen LogP contribution in [0.25, 0.3) is 0 Å². The number of rotatable bonds is 6. The summed E-state index contributed by atoms with van der Waals surface area (Å²) in [6, 6.07) is 10.8. The third-order valence-electron chi connectivity index (χ3n) is 2.83. The highest BCUT2D eigenvalue weighted by atomic mass is 16.5. The van der Waals surface area contributed by atoms with E-state index in [1.54, 1.807) is 24.3 Å². The fourth-order valence-electron chi connectivity index (χ4n) is 1.73. The lowest BCUT2D eigenvalue weighted by Crippen LogP contribution is -2.19. The van der Waals surface area contributed by atoms with Gasteiger partial charge in [0.05, 0.1) is 5.69 Å². The van der Waals surface area contributed by atoms with Gasteiger partial charge in [0.15, 0.2) is 6.61 Å². The Balaban J connectivity index is 2.09. The number of aromatic hydroxyl groups is 1. The quantitative estimate of drug-likeness (QED) is 0.700. The lowest BCUT2D eigenvalue weighted by Gasteiger charge is -2.03. The van der Waals surface area contributed by atoms with Crippen molar-refractivity contribution in [2.45, 2.75) is 0 Å². The Morgan fingerprint density at radius 1 is 1.17 bits per heavy atom. The van der Waals surface area contributed by atoms with Crippen LogP contribution in [0.3, 0.4) is 0 Å². The molecule has 0 aromatic heterocycles. The van der Waals surface area contributed by atoms with Crippen molar-refractivity contribution in [3.63, 3.8) is 0 Å². The number of nitrogens with two attached hydrogens (primary N) is 1. The molecule has 7 nitrogen and oxygen atoms in total. The Labute approximate surface area is 131 Å². The second-order valence-electron chi connectivity index (χ2n) is 4.59. The number of hydrogen-bond acceptors (Lipinski definition) is 5. The number of carbonyl (C=O) groups excluding carboxylic acids is 1. The third-order valence-corrected chi connectivity index (χ3v) is 2.83. The fraction of sp³-hybridized carbons (Fsp3) is 0.0625. The number of nitrogens with zero attached hydrogens (tertiary/aromatic N) is 1. The predicted molar refractivity (Wildman–Crippen MR) is 83.5 cm³/mol. The molecule has 0 fully saturated rings. The second kappa shape index (κ2) is 7.08. The van der Waals surface area contributed by atoms with Gasteiger partial charge in [-0.25, -0.2) is 4.79 Å². The van der Waals surface area contributed by atoms with Crippen molar-refractivity contribution in [2.75, 3.05) is 6.61 Å². The highest BCUT2D eigenvalue weighted by Gasteiger charge is 2.09. The number of aliphatic imine (C=N–C) groups is 1. The molecule has 0 saturated carbocycles. The summed E-state index contributed by atoms with van der Waals surface area (Å²) >= 11 is 0. The molecule has 118 valence electrons. The molecule has 2 aromatic rings. The van der Waals surface area contributed by atoms with E-state index in [9.17, 15) is 14.7 Å². The maximum Gasteiger partial charge on any atom is 0.339 e. The average Bonchev–Trinajstić information content (AvgIpc) is 2.52. The molecular weight excluding hydrogens is 300 g/mol. The monoisotopic (exact) mass is 314 g/mol. The molecule has 0 aliphatic rings. The summed E-state index contributed by atoms with van der Waals surface area (Å²) in [6.45, 7) is -0.196. The lowest BCUT2D eigenvalue weighted by atomic mass is 10.2. The first-order valence-corrected chi connectivity index (χ1v) is 6.57. The zero-order chi connectivity index (χ0) is 16.8. The normalized spacial score (nSPS) is 10.6. The molecule has 0 radical (unpaired) electrons. The highest BCUT2D eigenvalue weighted by Crippen LogP contribution is 2.23. The summed E-state index contributed by atoms with van der Waals surface area (Å²) in [6.07, 6.45) is 1.54. The summed E-state index contributed by atoms with van der Waals surface area (Å²) in [7, 11) is 0. The Bertz CT molecular complexity index is 754. The molecule has 0 atom stereocenters. The van der Waals surface area contributed by atoms with Crippen molar-refractivity contribution >= 4 is 23.8 Å². The molecule has 1 amide bonds. The van der Waals surface area contributed by atoms with Gasteiger partial charge in [0, 0.05) is 6.21 Å². The van der Waals surface area contributed by atoms with Crippen LogP contribution in [0, 0.1) is 0 Å². The second-order valence-corrected chi connectivity index (χ2v) is 4.59. The number of hydrogen-bond donors (Lipinski definition) is 3. The highest BCUT2D eigenvalue weighted by molar-refractivity contribution is 5.92. The number of carboxylic acids is 1. The Morgan fingerprint density at radius 3 is 2.48 bits per heavy atom. The first-order chi connectivity index (χ1) is 11.0. The Hall–Kier alpha value is -3.35. The van der Waals surface area contributed by atoms with Crippen LogP contribution in [0.2, 0.25) is 0 Å². The zero-order valence-corrected chi connectivity index (χ0v) is 12.0. The van der Waals surface area contributed by atoms with E-state index in [1.165, 1.54) is 24.4 Å². The summed E-state index contributed by atoms with van der Waals surface area (Å²) in [5, 5.41) is 18.4. The van der Waals surface area contributed by atoms with E-state index in [0.717, 1.165) is 5.56 Å². The molecule has 4 N–H and O–H groups in total. The summed E-state index contributed by atoms with van der Waals surface area (Å²) in [5.41, 5.74) is 5.92. The number of amides is 1. The smallest absolute Gasteiger partial charge is 0.339 e. The van der Waals surface area contributed by atoms with Gasteiger partial charge < -0.3 is 20.7 Å². The van der Waals surface area contributed by atoms with Crippen LogP contribution in [0.4, 0.5) is 5.69 Å². The maximum atomic E-state index is 10.9. The van der Waals surface area contributed by atoms with Gasteiger partial charge in [-0.3, -0.25) is 9.79 Å². The molecule has 0 spiro atoms. The topological polar surface area (TPSA) is 122 Å².